The van der Waals surface area contributed by atoms with Gasteiger partial charge in [0.25, 0.3) is 0 Å². The minimum atomic E-state index is -0.542. The number of nitrogens with zero attached hydrogens (tertiary/aromatic N) is 3. The molecule has 0 saturated heterocycles. The van der Waals surface area contributed by atoms with E-state index in [0.29, 0.717) is 22.9 Å². The molecule has 1 heterocycles. The molecule has 0 aliphatic heterocycles. The van der Waals surface area contributed by atoms with Crippen LogP contribution in [0.1, 0.15) is 0 Å². The Bertz CT molecular complexity index is 998. The standard InChI is InChI=1S/C18H16BrN5O4/c1-27-13-7-8-14(15(9-13)28-2)23-18-16(24(25)26)17(20-10-21-18)22-12-5-3-11(19)4-6-12/h3-10H,1-2H3,(H2,20,21,22,23). The van der Waals surface area contributed by atoms with Crippen LogP contribution in [0.5, 0.6) is 11.5 Å². The molecule has 9 nitrogen and oxygen atoms in total. The number of aromatic nitrogens is 2. The van der Waals surface area contributed by atoms with Gasteiger partial charge >= 0.3 is 5.69 Å². The maximum atomic E-state index is 11.7. The Morgan fingerprint density at radius 2 is 1.68 bits per heavy atom. The first-order valence-corrected chi connectivity index (χ1v) is 8.82. The summed E-state index contributed by atoms with van der Waals surface area (Å²) in [6, 6.07) is 12.2. The van der Waals surface area contributed by atoms with Gasteiger partial charge < -0.3 is 20.1 Å². The van der Waals surface area contributed by atoms with Crippen molar-refractivity contribution < 1.29 is 14.4 Å². The van der Waals surface area contributed by atoms with Gasteiger partial charge in [-0.05, 0) is 36.4 Å². The van der Waals surface area contributed by atoms with E-state index in [0.717, 1.165) is 4.47 Å². The highest BCUT2D eigenvalue weighted by Crippen LogP contribution is 2.36. The van der Waals surface area contributed by atoms with E-state index < -0.39 is 4.92 Å². The molecular weight excluding hydrogens is 430 g/mol. The largest absolute Gasteiger partial charge is 0.497 e. The van der Waals surface area contributed by atoms with Crippen LogP contribution in [0.2, 0.25) is 0 Å². The average molecular weight is 446 g/mol. The van der Waals surface area contributed by atoms with Crippen LogP contribution in [0.15, 0.2) is 53.3 Å². The van der Waals surface area contributed by atoms with Gasteiger partial charge in [0.2, 0.25) is 11.6 Å². The summed E-state index contributed by atoms with van der Waals surface area (Å²) in [5.41, 5.74) is 0.862. The van der Waals surface area contributed by atoms with Crippen LogP contribution in [-0.4, -0.2) is 29.1 Å². The molecular formula is C18H16BrN5O4. The average Bonchev–Trinajstić information content (AvgIpc) is 2.70. The van der Waals surface area contributed by atoms with Gasteiger partial charge in [0.15, 0.2) is 0 Å². The van der Waals surface area contributed by atoms with Gasteiger partial charge in [-0.1, -0.05) is 15.9 Å². The number of benzene rings is 2. The molecule has 0 aliphatic rings. The Labute approximate surface area is 169 Å². The van der Waals surface area contributed by atoms with E-state index in [-0.39, 0.29) is 17.3 Å². The van der Waals surface area contributed by atoms with Crippen LogP contribution in [0, 0.1) is 10.1 Å². The van der Waals surface area contributed by atoms with Crippen molar-refractivity contribution in [2.45, 2.75) is 0 Å². The molecule has 0 fully saturated rings. The molecule has 0 radical (unpaired) electrons. The molecule has 0 aliphatic carbocycles. The van der Waals surface area contributed by atoms with E-state index in [1.807, 2.05) is 12.1 Å². The van der Waals surface area contributed by atoms with Crippen molar-refractivity contribution in [3.8, 4) is 11.5 Å². The molecule has 3 rings (SSSR count). The highest BCUT2D eigenvalue weighted by molar-refractivity contribution is 9.10. The van der Waals surface area contributed by atoms with Crippen molar-refractivity contribution in [3.05, 3.63) is 63.4 Å². The number of anilines is 4. The van der Waals surface area contributed by atoms with Gasteiger partial charge in [-0.3, -0.25) is 10.1 Å². The lowest BCUT2D eigenvalue weighted by Crippen LogP contribution is -2.06. The maximum Gasteiger partial charge on any atom is 0.353 e. The van der Waals surface area contributed by atoms with Gasteiger partial charge in [0, 0.05) is 16.2 Å². The predicted molar refractivity (Wildman–Crippen MR) is 109 cm³/mol. The number of rotatable bonds is 7. The Hall–Kier alpha value is -3.40. The summed E-state index contributed by atoms with van der Waals surface area (Å²) in [6.45, 7) is 0. The Morgan fingerprint density at radius 3 is 2.29 bits per heavy atom. The summed E-state index contributed by atoms with van der Waals surface area (Å²) < 4.78 is 11.4. The molecule has 0 bridgehead atoms. The molecule has 0 spiro atoms. The Morgan fingerprint density at radius 1 is 1.00 bits per heavy atom. The normalized spacial score (nSPS) is 10.2. The summed E-state index contributed by atoms with van der Waals surface area (Å²) in [7, 11) is 3.03. The number of halogens is 1. The molecule has 2 N–H and O–H groups in total. The second-order valence-electron chi connectivity index (χ2n) is 5.50. The lowest BCUT2D eigenvalue weighted by Gasteiger charge is -2.13. The minimum Gasteiger partial charge on any atom is -0.497 e. The van der Waals surface area contributed by atoms with Crippen molar-refractivity contribution in [2.75, 3.05) is 24.9 Å². The van der Waals surface area contributed by atoms with Gasteiger partial charge in [0.05, 0.1) is 24.8 Å². The van der Waals surface area contributed by atoms with Crippen molar-refractivity contribution >= 4 is 44.6 Å². The molecule has 10 heteroatoms. The van der Waals surface area contributed by atoms with E-state index in [9.17, 15) is 10.1 Å². The SMILES string of the molecule is COc1ccc(Nc2ncnc(Nc3ccc(Br)cc3)c2[N+](=O)[O-])c(OC)c1. The van der Waals surface area contributed by atoms with Crippen molar-refractivity contribution in [1.29, 1.82) is 0 Å². The number of nitrogens with one attached hydrogen (secondary N) is 2. The molecule has 28 heavy (non-hydrogen) atoms. The van der Waals surface area contributed by atoms with Crippen molar-refractivity contribution in [1.82, 2.24) is 9.97 Å². The summed E-state index contributed by atoms with van der Waals surface area (Å²) in [5.74, 6) is 1.15. The van der Waals surface area contributed by atoms with Gasteiger partial charge in [-0.25, -0.2) is 9.97 Å². The maximum absolute atomic E-state index is 11.7. The summed E-state index contributed by atoms with van der Waals surface area (Å²) >= 11 is 3.35. The number of ether oxygens (including phenoxy) is 2. The first-order chi connectivity index (χ1) is 13.5. The smallest absolute Gasteiger partial charge is 0.353 e. The van der Waals surface area contributed by atoms with Crippen molar-refractivity contribution in [2.24, 2.45) is 0 Å². The quantitative estimate of drug-likeness (QED) is 0.399. The Kier molecular flexibility index (Phi) is 5.90. The number of hydrogen-bond donors (Lipinski definition) is 2. The fourth-order valence-electron chi connectivity index (χ4n) is 2.43. The molecule has 0 saturated carbocycles. The third-order valence-corrected chi connectivity index (χ3v) is 4.30. The third-order valence-electron chi connectivity index (χ3n) is 3.77. The lowest BCUT2D eigenvalue weighted by molar-refractivity contribution is -0.383. The second-order valence-corrected chi connectivity index (χ2v) is 6.42. The monoisotopic (exact) mass is 445 g/mol. The summed E-state index contributed by atoms with van der Waals surface area (Å²) in [6.07, 6.45) is 1.24. The topological polar surface area (TPSA) is 111 Å². The first-order valence-electron chi connectivity index (χ1n) is 8.03. The predicted octanol–water partition coefficient (Wildman–Crippen LogP) is 4.65. The van der Waals surface area contributed by atoms with E-state index in [1.54, 1.807) is 30.3 Å². The molecule has 0 atom stereocenters. The summed E-state index contributed by atoms with van der Waals surface area (Å²) in [4.78, 5) is 19.2. The first kappa shape index (κ1) is 19.4. The molecule has 144 valence electrons. The molecule has 0 amide bonds. The number of hydrogen-bond acceptors (Lipinski definition) is 8. The van der Waals surface area contributed by atoms with Gasteiger partial charge in [-0.15, -0.1) is 0 Å². The fraction of sp³-hybridized carbons (Fsp3) is 0.111. The zero-order valence-corrected chi connectivity index (χ0v) is 16.6. The van der Waals surface area contributed by atoms with E-state index >= 15 is 0 Å². The van der Waals surface area contributed by atoms with E-state index in [1.165, 1.54) is 20.5 Å². The molecule has 0 unspecified atom stereocenters. The highest BCUT2D eigenvalue weighted by atomic mass is 79.9. The second kappa shape index (κ2) is 8.53. The van der Waals surface area contributed by atoms with Crippen LogP contribution < -0.4 is 20.1 Å². The van der Waals surface area contributed by atoms with Crippen LogP contribution in [0.3, 0.4) is 0 Å². The van der Waals surface area contributed by atoms with E-state index in [2.05, 4.69) is 36.5 Å². The zero-order chi connectivity index (χ0) is 20.1. The van der Waals surface area contributed by atoms with E-state index in [4.69, 9.17) is 9.47 Å². The fourth-order valence-corrected chi connectivity index (χ4v) is 2.70. The number of methoxy groups -OCH3 is 2. The van der Waals surface area contributed by atoms with Crippen LogP contribution in [0.4, 0.5) is 28.7 Å². The molecule has 3 aromatic rings. The molecule has 1 aromatic heterocycles. The summed E-state index contributed by atoms with van der Waals surface area (Å²) in [5, 5.41) is 17.6. The Balaban J connectivity index is 1.98. The van der Waals surface area contributed by atoms with Crippen LogP contribution in [0.25, 0.3) is 0 Å². The molecule has 2 aromatic carbocycles. The van der Waals surface area contributed by atoms with Crippen LogP contribution >= 0.6 is 15.9 Å². The van der Waals surface area contributed by atoms with Crippen molar-refractivity contribution in [3.63, 3.8) is 0 Å². The number of nitro groups is 1. The van der Waals surface area contributed by atoms with Gasteiger partial charge in [-0.2, -0.15) is 0 Å². The zero-order valence-electron chi connectivity index (χ0n) is 15.0. The highest BCUT2D eigenvalue weighted by Gasteiger charge is 2.24. The minimum absolute atomic E-state index is 0.0306. The third kappa shape index (κ3) is 4.29. The van der Waals surface area contributed by atoms with Gasteiger partial charge in [0.1, 0.15) is 17.8 Å². The lowest BCUT2D eigenvalue weighted by atomic mass is 10.2. The van der Waals surface area contributed by atoms with Crippen LogP contribution in [-0.2, 0) is 0 Å².